The maximum absolute atomic E-state index is 12.6. The number of carboxylic acid groups (broad SMARTS) is 1. The summed E-state index contributed by atoms with van der Waals surface area (Å²) in [4.78, 5) is 25.3. The number of rotatable bonds is 4. The van der Waals surface area contributed by atoms with E-state index >= 15 is 0 Å². The van der Waals surface area contributed by atoms with Crippen LogP contribution in [0.2, 0.25) is 0 Å². The molecule has 2 atom stereocenters. The smallest absolute Gasteiger partial charge is 0.306 e. The number of hydrogen-bond acceptors (Lipinski definition) is 2. The van der Waals surface area contributed by atoms with E-state index in [0.717, 1.165) is 11.3 Å². The second-order valence-corrected chi connectivity index (χ2v) is 5.46. The van der Waals surface area contributed by atoms with Gasteiger partial charge in [-0.25, -0.2) is 0 Å². The first-order chi connectivity index (χ1) is 9.52. The first kappa shape index (κ1) is 14.6. The molecule has 108 valence electrons. The molecule has 2 unspecified atom stereocenters. The Kier molecular flexibility index (Phi) is 4.42. The number of hydrogen-bond donors (Lipinski definition) is 1. The van der Waals surface area contributed by atoms with Crippen LogP contribution in [0.3, 0.4) is 0 Å². The maximum Gasteiger partial charge on any atom is 0.306 e. The van der Waals surface area contributed by atoms with Crippen molar-refractivity contribution in [3.05, 3.63) is 29.8 Å². The number of aliphatic carboxylic acids is 1. The Morgan fingerprint density at radius 1 is 1.20 bits per heavy atom. The van der Waals surface area contributed by atoms with Gasteiger partial charge >= 0.3 is 5.97 Å². The third kappa shape index (κ3) is 3.00. The Morgan fingerprint density at radius 3 is 2.30 bits per heavy atom. The van der Waals surface area contributed by atoms with E-state index in [-0.39, 0.29) is 17.7 Å². The van der Waals surface area contributed by atoms with Gasteiger partial charge in [0.1, 0.15) is 0 Å². The summed E-state index contributed by atoms with van der Waals surface area (Å²) in [6.45, 7) is 4.56. The van der Waals surface area contributed by atoms with Crippen molar-refractivity contribution in [1.82, 2.24) is 0 Å². The molecule has 1 fully saturated rings. The molecular weight excluding hydrogens is 254 g/mol. The van der Waals surface area contributed by atoms with Gasteiger partial charge < -0.3 is 10.0 Å². The molecule has 1 saturated carbocycles. The number of carbonyl (C=O) groups is 2. The zero-order chi connectivity index (χ0) is 14.7. The normalized spacial score (nSPS) is 21.7. The maximum atomic E-state index is 12.6. The van der Waals surface area contributed by atoms with Gasteiger partial charge in [-0.1, -0.05) is 17.7 Å². The number of carbonyl (C=O) groups excluding carboxylic acids is 1. The van der Waals surface area contributed by atoms with Crippen molar-refractivity contribution in [3.8, 4) is 0 Å². The molecule has 4 nitrogen and oxygen atoms in total. The van der Waals surface area contributed by atoms with E-state index in [1.165, 1.54) is 0 Å². The first-order valence-electron chi connectivity index (χ1n) is 7.13. The van der Waals surface area contributed by atoms with Crippen LogP contribution in [-0.4, -0.2) is 23.5 Å². The van der Waals surface area contributed by atoms with E-state index < -0.39 is 5.97 Å². The zero-order valence-corrected chi connectivity index (χ0v) is 12.0. The number of carboxylic acids is 1. The van der Waals surface area contributed by atoms with Crippen LogP contribution in [-0.2, 0) is 9.59 Å². The van der Waals surface area contributed by atoms with Crippen LogP contribution in [0.5, 0.6) is 0 Å². The lowest BCUT2D eigenvalue weighted by Crippen LogP contribution is -2.35. The van der Waals surface area contributed by atoms with E-state index in [9.17, 15) is 9.59 Å². The molecule has 1 aromatic carbocycles. The van der Waals surface area contributed by atoms with Gasteiger partial charge in [0, 0.05) is 18.2 Å². The number of amides is 1. The van der Waals surface area contributed by atoms with Gasteiger partial charge in [-0.3, -0.25) is 9.59 Å². The SMILES string of the molecule is CCN(C(=O)C1CCC(C(=O)O)C1)c1ccc(C)cc1. The minimum absolute atomic E-state index is 0.0557. The Morgan fingerprint density at radius 2 is 1.80 bits per heavy atom. The summed E-state index contributed by atoms with van der Waals surface area (Å²) in [6.07, 6.45) is 1.76. The van der Waals surface area contributed by atoms with Crippen LogP contribution in [0.4, 0.5) is 5.69 Å². The number of aryl methyl sites for hydroxylation is 1. The van der Waals surface area contributed by atoms with E-state index in [4.69, 9.17) is 5.11 Å². The standard InChI is InChI=1S/C16H21NO3/c1-3-17(14-8-4-11(2)5-9-14)15(18)12-6-7-13(10-12)16(19)20/h4-5,8-9,12-13H,3,6-7,10H2,1-2H3,(H,19,20). The van der Waals surface area contributed by atoms with Crippen molar-refractivity contribution in [2.24, 2.45) is 11.8 Å². The molecule has 0 aromatic heterocycles. The van der Waals surface area contributed by atoms with Gasteiger partial charge in [0.15, 0.2) is 0 Å². The minimum atomic E-state index is -0.779. The van der Waals surface area contributed by atoms with E-state index in [1.807, 2.05) is 38.1 Å². The summed E-state index contributed by atoms with van der Waals surface area (Å²) in [7, 11) is 0. The molecule has 1 aliphatic carbocycles. The highest BCUT2D eigenvalue weighted by atomic mass is 16.4. The number of benzene rings is 1. The quantitative estimate of drug-likeness (QED) is 0.919. The summed E-state index contributed by atoms with van der Waals surface area (Å²) < 4.78 is 0. The molecule has 1 aliphatic rings. The summed E-state index contributed by atoms with van der Waals surface area (Å²) in [5, 5.41) is 9.03. The predicted molar refractivity (Wildman–Crippen MR) is 77.7 cm³/mol. The highest BCUT2D eigenvalue weighted by Gasteiger charge is 2.35. The lowest BCUT2D eigenvalue weighted by Gasteiger charge is -2.24. The van der Waals surface area contributed by atoms with Crippen LogP contribution >= 0.6 is 0 Å². The summed E-state index contributed by atoms with van der Waals surface area (Å²) in [5.74, 6) is -1.24. The average molecular weight is 275 g/mol. The van der Waals surface area contributed by atoms with Crippen LogP contribution in [0.15, 0.2) is 24.3 Å². The van der Waals surface area contributed by atoms with Gasteiger partial charge in [-0.15, -0.1) is 0 Å². The Bertz CT molecular complexity index is 495. The summed E-state index contributed by atoms with van der Waals surface area (Å²) in [6, 6.07) is 7.86. The Labute approximate surface area is 119 Å². The second-order valence-electron chi connectivity index (χ2n) is 5.46. The van der Waals surface area contributed by atoms with E-state index in [2.05, 4.69) is 0 Å². The van der Waals surface area contributed by atoms with Gasteiger partial charge in [0.2, 0.25) is 5.91 Å². The summed E-state index contributed by atoms with van der Waals surface area (Å²) >= 11 is 0. The molecule has 4 heteroatoms. The molecule has 0 heterocycles. The topological polar surface area (TPSA) is 57.6 Å². The third-order valence-corrected chi connectivity index (χ3v) is 4.06. The van der Waals surface area contributed by atoms with Crippen LogP contribution < -0.4 is 4.90 Å². The predicted octanol–water partition coefficient (Wildman–Crippen LogP) is 2.85. The number of nitrogens with zero attached hydrogens (tertiary/aromatic N) is 1. The van der Waals surface area contributed by atoms with Crippen molar-refractivity contribution in [2.45, 2.75) is 33.1 Å². The van der Waals surface area contributed by atoms with Crippen LogP contribution in [0.1, 0.15) is 31.7 Å². The lowest BCUT2D eigenvalue weighted by atomic mass is 10.0. The highest BCUT2D eigenvalue weighted by molar-refractivity contribution is 5.95. The van der Waals surface area contributed by atoms with Gasteiger partial charge in [0.05, 0.1) is 5.92 Å². The molecule has 0 bridgehead atoms. The second kappa shape index (κ2) is 6.07. The fourth-order valence-corrected chi connectivity index (χ4v) is 2.84. The third-order valence-electron chi connectivity index (χ3n) is 4.06. The van der Waals surface area contributed by atoms with Gasteiger partial charge in [-0.2, -0.15) is 0 Å². The minimum Gasteiger partial charge on any atom is -0.481 e. The van der Waals surface area contributed by atoms with Gasteiger partial charge in [0.25, 0.3) is 0 Å². The molecule has 1 amide bonds. The molecule has 0 aliphatic heterocycles. The van der Waals surface area contributed by atoms with Gasteiger partial charge in [-0.05, 0) is 45.2 Å². The average Bonchev–Trinajstić information content (AvgIpc) is 2.91. The number of anilines is 1. The molecule has 2 rings (SSSR count). The van der Waals surface area contributed by atoms with Crippen LogP contribution in [0, 0.1) is 18.8 Å². The molecular formula is C16H21NO3. The van der Waals surface area contributed by atoms with Crippen molar-refractivity contribution >= 4 is 17.6 Å². The largest absolute Gasteiger partial charge is 0.481 e. The molecule has 0 spiro atoms. The summed E-state index contributed by atoms with van der Waals surface area (Å²) in [5.41, 5.74) is 2.05. The lowest BCUT2D eigenvalue weighted by molar-refractivity contribution is -0.141. The molecule has 1 aromatic rings. The van der Waals surface area contributed by atoms with E-state index in [1.54, 1.807) is 4.90 Å². The fraction of sp³-hybridized carbons (Fsp3) is 0.500. The Hall–Kier alpha value is -1.84. The molecule has 0 saturated heterocycles. The van der Waals surface area contributed by atoms with Crippen LogP contribution in [0.25, 0.3) is 0 Å². The van der Waals surface area contributed by atoms with E-state index in [0.29, 0.717) is 25.8 Å². The monoisotopic (exact) mass is 275 g/mol. The van der Waals surface area contributed by atoms with Crippen molar-refractivity contribution < 1.29 is 14.7 Å². The zero-order valence-electron chi connectivity index (χ0n) is 12.0. The molecule has 20 heavy (non-hydrogen) atoms. The van der Waals surface area contributed by atoms with Crippen molar-refractivity contribution in [1.29, 1.82) is 0 Å². The first-order valence-corrected chi connectivity index (χ1v) is 7.13. The highest BCUT2D eigenvalue weighted by Crippen LogP contribution is 2.33. The van der Waals surface area contributed by atoms with Crippen molar-refractivity contribution in [3.63, 3.8) is 0 Å². The molecule has 1 N–H and O–H groups in total. The fourth-order valence-electron chi connectivity index (χ4n) is 2.84. The Balaban J connectivity index is 2.10. The van der Waals surface area contributed by atoms with Crippen molar-refractivity contribution in [2.75, 3.05) is 11.4 Å². The molecule has 0 radical (unpaired) electrons.